The highest BCUT2D eigenvalue weighted by Gasteiger charge is 2.10. The molecule has 7 nitrogen and oxygen atoms in total. The van der Waals surface area contributed by atoms with Crippen LogP contribution in [0.5, 0.6) is 0 Å². The van der Waals surface area contributed by atoms with Gasteiger partial charge in [0, 0.05) is 19.3 Å². The maximum Gasteiger partial charge on any atom is 0.272 e. The molecule has 1 aromatic carbocycles. The summed E-state index contributed by atoms with van der Waals surface area (Å²) < 4.78 is 1.61. The summed E-state index contributed by atoms with van der Waals surface area (Å²) >= 11 is 0. The lowest BCUT2D eigenvalue weighted by Gasteiger charge is -2.11. The third kappa shape index (κ3) is 2.90. The van der Waals surface area contributed by atoms with Crippen LogP contribution in [0.4, 0.5) is 0 Å². The number of nitrogens with one attached hydrogen (secondary N) is 2. The molecule has 24 heavy (non-hydrogen) atoms. The normalized spacial score (nSPS) is 10.5. The van der Waals surface area contributed by atoms with Gasteiger partial charge >= 0.3 is 0 Å². The Morgan fingerprint density at radius 2 is 2.21 bits per heavy atom. The Balaban J connectivity index is 1.76. The maximum absolute atomic E-state index is 12.3. The van der Waals surface area contributed by atoms with Crippen LogP contribution in [-0.2, 0) is 6.54 Å². The number of carbonyl (C=O) groups excluding carboxylic acids is 1. The molecule has 0 atom stereocenters. The number of aromatic nitrogens is 3. The van der Waals surface area contributed by atoms with Crippen molar-refractivity contribution in [1.29, 1.82) is 5.26 Å². The predicted molar refractivity (Wildman–Crippen MR) is 88.6 cm³/mol. The van der Waals surface area contributed by atoms with Crippen LogP contribution in [0.3, 0.4) is 0 Å². The summed E-state index contributed by atoms with van der Waals surface area (Å²) in [5.74, 6) is -0.295. The molecule has 1 amide bonds. The molecule has 0 fully saturated rings. The summed E-state index contributed by atoms with van der Waals surface area (Å²) in [7, 11) is 0. The van der Waals surface area contributed by atoms with Crippen LogP contribution in [0.15, 0.2) is 41.3 Å². The molecule has 3 aromatic rings. The number of hydrogen-bond acceptors (Lipinski definition) is 4. The molecule has 0 bridgehead atoms. The second-order valence-electron chi connectivity index (χ2n) is 5.31. The van der Waals surface area contributed by atoms with E-state index in [0.717, 1.165) is 11.0 Å². The van der Waals surface area contributed by atoms with E-state index in [1.807, 2.05) is 30.3 Å². The molecule has 2 aromatic heterocycles. The number of hydrogen-bond donors (Lipinski definition) is 2. The molecule has 0 saturated carbocycles. The minimum absolute atomic E-state index is 0.170. The lowest BCUT2D eigenvalue weighted by atomic mass is 10.2. The third-order valence-corrected chi connectivity index (χ3v) is 3.70. The van der Waals surface area contributed by atoms with Crippen LogP contribution in [0.25, 0.3) is 11.0 Å². The molecule has 0 radical (unpaired) electrons. The largest absolute Gasteiger partial charge is 0.352 e. The number of nitriles is 1. The van der Waals surface area contributed by atoms with E-state index in [1.165, 1.54) is 12.3 Å². The molecular formula is C17H15N5O2. The fourth-order valence-corrected chi connectivity index (χ4v) is 2.52. The Bertz CT molecular complexity index is 1010. The Morgan fingerprint density at radius 1 is 1.42 bits per heavy atom. The highest BCUT2D eigenvalue weighted by molar-refractivity contribution is 5.94. The number of carbonyl (C=O) groups is 1. The quantitative estimate of drug-likeness (QED) is 0.756. The molecule has 0 spiro atoms. The zero-order valence-corrected chi connectivity index (χ0v) is 13.0. The summed E-state index contributed by atoms with van der Waals surface area (Å²) in [5.41, 5.74) is 2.43. The number of aromatic amines is 1. The number of amides is 1. The highest BCUT2D eigenvalue weighted by Crippen LogP contribution is 2.09. The number of rotatable bonds is 4. The van der Waals surface area contributed by atoms with Gasteiger partial charge in [0.15, 0.2) is 0 Å². The molecule has 3 rings (SSSR count). The molecule has 0 aliphatic heterocycles. The van der Waals surface area contributed by atoms with Gasteiger partial charge in [0.1, 0.15) is 17.5 Å². The average molecular weight is 321 g/mol. The maximum atomic E-state index is 12.3. The van der Waals surface area contributed by atoms with E-state index < -0.39 is 0 Å². The topological polar surface area (TPSA) is 104 Å². The highest BCUT2D eigenvalue weighted by atomic mass is 16.1. The van der Waals surface area contributed by atoms with Gasteiger partial charge in [-0.15, -0.1) is 0 Å². The zero-order valence-electron chi connectivity index (χ0n) is 13.0. The first-order valence-electron chi connectivity index (χ1n) is 7.43. The van der Waals surface area contributed by atoms with Gasteiger partial charge < -0.3 is 14.9 Å². The molecule has 0 unspecified atom stereocenters. The summed E-state index contributed by atoms with van der Waals surface area (Å²) in [6, 6.07) is 10.8. The molecular weight excluding hydrogens is 306 g/mol. The molecule has 0 saturated heterocycles. The van der Waals surface area contributed by atoms with Crippen LogP contribution in [0, 0.1) is 18.3 Å². The van der Waals surface area contributed by atoms with Crippen LogP contribution in [-0.4, -0.2) is 27.0 Å². The number of benzene rings is 1. The van der Waals surface area contributed by atoms with E-state index in [2.05, 4.69) is 15.3 Å². The molecule has 120 valence electrons. The van der Waals surface area contributed by atoms with Gasteiger partial charge in [-0.2, -0.15) is 5.26 Å². The van der Waals surface area contributed by atoms with Crippen LogP contribution in [0.1, 0.15) is 21.7 Å². The number of nitrogens with zero attached hydrogens (tertiary/aromatic N) is 3. The molecule has 7 heteroatoms. The van der Waals surface area contributed by atoms with Crippen molar-refractivity contribution < 1.29 is 4.79 Å². The van der Waals surface area contributed by atoms with Crippen molar-refractivity contribution in [2.24, 2.45) is 0 Å². The van der Waals surface area contributed by atoms with Crippen molar-refractivity contribution in [3.63, 3.8) is 0 Å². The molecule has 0 aliphatic carbocycles. The van der Waals surface area contributed by atoms with Gasteiger partial charge in [0.25, 0.3) is 11.5 Å². The van der Waals surface area contributed by atoms with Crippen LogP contribution < -0.4 is 10.9 Å². The van der Waals surface area contributed by atoms with E-state index in [0.29, 0.717) is 30.0 Å². The minimum atomic E-state index is -0.295. The smallest absolute Gasteiger partial charge is 0.272 e. The van der Waals surface area contributed by atoms with Crippen molar-refractivity contribution >= 4 is 16.9 Å². The monoisotopic (exact) mass is 321 g/mol. The van der Waals surface area contributed by atoms with Crippen LogP contribution >= 0.6 is 0 Å². The second kappa shape index (κ2) is 6.38. The van der Waals surface area contributed by atoms with Gasteiger partial charge in [-0.05, 0) is 25.1 Å². The van der Waals surface area contributed by atoms with Crippen molar-refractivity contribution in [2.45, 2.75) is 13.5 Å². The molecule has 2 heterocycles. The average Bonchev–Trinajstić information content (AvgIpc) is 3.07. The van der Waals surface area contributed by atoms with Crippen molar-refractivity contribution in [3.05, 3.63) is 63.8 Å². The Hall–Kier alpha value is -3.40. The van der Waals surface area contributed by atoms with E-state index in [-0.39, 0.29) is 11.5 Å². The summed E-state index contributed by atoms with van der Waals surface area (Å²) in [5, 5.41) is 11.5. The first kappa shape index (κ1) is 15.5. The zero-order chi connectivity index (χ0) is 17.1. The standard InChI is InChI=1S/C17H15N5O2/c1-11-17(24)22(15-5-3-2-4-14(15)21-11)7-6-19-16(23)12-8-13(9-18)20-10-12/h2-5,8,10,20H,6-7H2,1H3,(H,19,23). The number of para-hydroxylation sites is 2. The Kier molecular flexibility index (Phi) is 4.12. The van der Waals surface area contributed by atoms with Crippen LogP contribution in [0.2, 0.25) is 0 Å². The minimum Gasteiger partial charge on any atom is -0.352 e. The lowest BCUT2D eigenvalue weighted by Crippen LogP contribution is -2.32. The van der Waals surface area contributed by atoms with Crippen molar-refractivity contribution in [1.82, 2.24) is 19.9 Å². The van der Waals surface area contributed by atoms with Gasteiger partial charge in [-0.3, -0.25) is 9.59 Å². The fraction of sp³-hybridized carbons (Fsp3) is 0.176. The first-order valence-corrected chi connectivity index (χ1v) is 7.43. The van der Waals surface area contributed by atoms with Crippen molar-refractivity contribution in [2.75, 3.05) is 6.54 Å². The summed E-state index contributed by atoms with van der Waals surface area (Å²) in [4.78, 5) is 31.3. The fourth-order valence-electron chi connectivity index (χ4n) is 2.52. The number of H-pyrrole nitrogens is 1. The molecule has 2 N–H and O–H groups in total. The number of fused-ring (bicyclic) bond motifs is 1. The Morgan fingerprint density at radius 3 is 2.96 bits per heavy atom. The summed E-state index contributed by atoms with van der Waals surface area (Å²) in [6.07, 6.45) is 1.48. The number of aryl methyl sites for hydroxylation is 1. The van der Waals surface area contributed by atoms with Gasteiger partial charge in [0.05, 0.1) is 16.6 Å². The Labute approximate surface area is 137 Å². The van der Waals surface area contributed by atoms with E-state index in [4.69, 9.17) is 5.26 Å². The summed E-state index contributed by atoms with van der Waals surface area (Å²) in [6.45, 7) is 2.30. The SMILES string of the molecule is Cc1nc2ccccc2n(CCNC(=O)c2c[nH]c(C#N)c2)c1=O. The van der Waals surface area contributed by atoms with E-state index in [1.54, 1.807) is 11.5 Å². The second-order valence-corrected chi connectivity index (χ2v) is 5.31. The van der Waals surface area contributed by atoms with Gasteiger partial charge in [0.2, 0.25) is 0 Å². The van der Waals surface area contributed by atoms with Crippen molar-refractivity contribution in [3.8, 4) is 6.07 Å². The molecule has 0 aliphatic rings. The van der Waals surface area contributed by atoms with E-state index >= 15 is 0 Å². The third-order valence-electron chi connectivity index (χ3n) is 3.70. The predicted octanol–water partition coefficient (Wildman–Crippen LogP) is 1.33. The van der Waals surface area contributed by atoms with E-state index in [9.17, 15) is 9.59 Å². The van der Waals surface area contributed by atoms with Gasteiger partial charge in [-0.1, -0.05) is 12.1 Å². The first-order chi connectivity index (χ1) is 11.6. The lowest BCUT2D eigenvalue weighted by molar-refractivity contribution is 0.0952. The van der Waals surface area contributed by atoms with Gasteiger partial charge in [-0.25, -0.2) is 4.98 Å².